The number of rotatable bonds is 7. The van der Waals surface area contributed by atoms with E-state index in [0.717, 1.165) is 10.0 Å². The first-order valence-electron chi connectivity index (χ1n) is 8.47. The van der Waals surface area contributed by atoms with Crippen LogP contribution in [0.1, 0.15) is 25.0 Å². The molecule has 0 unspecified atom stereocenters. The Hall–Kier alpha value is -2.21. The predicted octanol–water partition coefficient (Wildman–Crippen LogP) is 3.68. The second-order valence-corrected chi connectivity index (χ2v) is 6.90. The predicted molar refractivity (Wildman–Crippen MR) is 103 cm³/mol. The molecule has 0 bridgehead atoms. The van der Waals surface area contributed by atoms with E-state index in [1.807, 2.05) is 31.2 Å². The second kappa shape index (κ2) is 9.48. The summed E-state index contributed by atoms with van der Waals surface area (Å²) in [6, 6.07) is 13.1. The third-order valence-corrected chi connectivity index (χ3v) is 4.61. The van der Waals surface area contributed by atoms with Crippen molar-refractivity contribution in [3.8, 4) is 0 Å². The van der Waals surface area contributed by atoms with E-state index < -0.39 is 11.9 Å². The maximum absolute atomic E-state index is 13.9. The zero-order valence-corrected chi connectivity index (χ0v) is 16.4. The van der Waals surface area contributed by atoms with Crippen LogP contribution in [0.3, 0.4) is 0 Å². The van der Waals surface area contributed by atoms with Crippen molar-refractivity contribution in [1.29, 1.82) is 0 Å². The molecule has 1 N–H and O–H groups in total. The van der Waals surface area contributed by atoms with Gasteiger partial charge in [0.25, 0.3) is 0 Å². The van der Waals surface area contributed by atoms with E-state index in [-0.39, 0.29) is 24.8 Å². The third-order valence-electron chi connectivity index (χ3n) is 4.08. The summed E-state index contributed by atoms with van der Waals surface area (Å²) in [7, 11) is 0. The zero-order chi connectivity index (χ0) is 19.1. The number of likely N-dealkylation sites (N-methyl/N-ethyl adjacent to an activating group) is 1. The Balaban J connectivity index is 2.23. The summed E-state index contributed by atoms with van der Waals surface area (Å²) in [5, 5.41) is 2.74. The van der Waals surface area contributed by atoms with Crippen LogP contribution in [0, 0.1) is 5.82 Å². The third kappa shape index (κ3) is 5.39. The normalized spacial score (nSPS) is 11.7. The van der Waals surface area contributed by atoms with E-state index in [4.69, 9.17) is 0 Å². The van der Waals surface area contributed by atoms with Gasteiger partial charge in [0.05, 0.1) is 6.42 Å². The first-order chi connectivity index (χ1) is 12.4. The van der Waals surface area contributed by atoms with Crippen molar-refractivity contribution < 1.29 is 14.0 Å². The number of nitrogens with one attached hydrogen (secondary N) is 1. The van der Waals surface area contributed by atoms with Crippen LogP contribution in [0.5, 0.6) is 0 Å². The lowest BCUT2D eigenvalue weighted by Crippen LogP contribution is -2.48. The summed E-state index contributed by atoms with van der Waals surface area (Å²) in [6.07, 6.45) is -0.0903. The lowest BCUT2D eigenvalue weighted by Gasteiger charge is -2.29. The SMILES string of the molecule is CCNC(=O)[C@H](C)N(Cc1ccc(Br)cc1)C(=O)Cc1ccccc1F. The zero-order valence-electron chi connectivity index (χ0n) is 14.8. The van der Waals surface area contributed by atoms with Crippen LogP contribution in [-0.2, 0) is 22.6 Å². The lowest BCUT2D eigenvalue weighted by atomic mass is 10.1. The number of benzene rings is 2. The Kier molecular flexibility index (Phi) is 7.33. The first-order valence-corrected chi connectivity index (χ1v) is 9.26. The average molecular weight is 421 g/mol. The van der Waals surface area contributed by atoms with Gasteiger partial charge in [0.1, 0.15) is 11.9 Å². The molecule has 0 heterocycles. The maximum Gasteiger partial charge on any atom is 0.242 e. The van der Waals surface area contributed by atoms with Crippen molar-refractivity contribution in [2.24, 2.45) is 0 Å². The number of halogens is 2. The molecule has 0 spiro atoms. The molecule has 2 amide bonds. The van der Waals surface area contributed by atoms with Gasteiger partial charge in [-0.05, 0) is 43.2 Å². The quantitative estimate of drug-likeness (QED) is 0.742. The molecule has 26 heavy (non-hydrogen) atoms. The molecule has 2 aromatic carbocycles. The topological polar surface area (TPSA) is 49.4 Å². The van der Waals surface area contributed by atoms with Gasteiger partial charge in [0, 0.05) is 17.6 Å². The molecule has 1 atom stereocenters. The van der Waals surface area contributed by atoms with Crippen LogP contribution >= 0.6 is 15.9 Å². The molecule has 0 fully saturated rings. The van der Waals surface area contributed by atoms with E-state index in [1.54, 1.807) is 25.1 Å². The molecule has 2 aromatic rings. The van der Waals surface area contributed by atoms with Crippen molar-refractivity contribution >= 4 is 27.7 Å². The average Bonchev–Trinajstić information content (AvgIpc) is 2.62. The highest BCUT2D eigenvalue weighted by atomic mass is 79.9. The van der Waals surface area contributed by atoms with Gasteiger partial charge in [-0.25, -0.2) is 4.39 Å². The Morgan fingerprint density at radius 3 is 2.42 bits per heavy atom. The van der Waals surface area contributed by atoms with Gasteiger partial charge in [-0.3, -0.25) is 9.59 Å². The van der Waals surface area contributed by atoms with Crippen molar-refractivity contribution in [3.05, 3.63) is 69.9 Å². The number of carbonyl (C=O) groups is 2. The standard InChI is InChI=1S/C20H22BrFN2O2/c1-3-23-20(26)14(2)24(13-15-8-10-17(21)11-9-15)19(25)12-16-6-4-5-7-18(16)22/h4-11,14H,3,12-13H2,1-2H3,(H,23,26)/t14-/m0/s1. The van der Waals surface area contributed by atoms with E-state index in [1.165, 1.54) is 11.0 Å². The van der Waals surface area contributed by atoms with Gasteiger partial charge in [-0.1, -0.05) is 46.3 Å². The molecule has 0 aliphatic rings. The van der Waals surface area contributed by atoms with Gasteiger partial charge >= 0.3 is 0 Å². The number of nitrogens with zero attached hydrogens (tertiary/aromatic N) is 1. The Bertz CT molecular complexity index is 765. The Morgan fingerprint density at radius 1 is 1.15 bits per heavy atom. The summed E-state index contributed by atoms with van der Waals surface area (Å²) < 4.78 is 14.8. The van der Waals surface area contributed by atoms with Crippen LogP contribution in [-0.4, -0.2) is 29.3 Å². The molecular formula is C20H22BrFN2O2. The van der Waals surface area contributed by atoms with Crippen LogP contribution in [0.25, 0.3) is 0 Å². The molecule has 138 valence electrons. The second-order valence-electron chi connectivity index (χ2n) is 5.99. The molecule has 2 rings (SSSR count). The molecule has 0 aliphatic carbocycles. The Morgan fingerprint density at radius 2 is 1.81 bits per heavy atom. The van der Waals surface area contributed by atoms with Crippen LogP contribution in [0.15, 0.2) is 53.0 Å². The number of carbonyl (C=O) groups excluding carboxylic acids is 2. The monoisotopic (exact) mass is 420 g/mol. The van der Waals surface area contributed by atoms with E-state index in [9.17, 15) is 14.0 Å². The fourth-order valence-electron chi connectivity index (χ4n) is 2.60. The van der Waals surface area contributed by atoms with Gasteiger partial charge in [-0.15, -0.1) is 0 Å². The highest BCUT2D eigenvalue weighted by molar-refractivity contribution is 9.10. The minimum atomic E-state index is -0.655. The van der Waals surface area contributed by atoms with Crippen molar-refractivity contribution in [2.75, 3.05) is 6.54 Å². The van der Waals surface area contributed by atoms with E-state index >= 15 is 0 Å². The van der Waals surface area contributed by atoms with Gasteiger partial charge in [0.2, 0.25) is 11.8 Å². The summed E-state index contributed by atoms with van der Waals surface area (Å²) in [4.78, 5) is 26.6. The number of hydrogen-bond acceptors (Lipinski definition) is 2. The largest absolute Gasteiger partial charge is 0.355 e. The molecule has 0 radical (unpaired) electrons. The highest BCUT2D eigenvalue weighted by Crippen LogP contribution is 2.16. The first kappa shape index (κ1) is 20.1. The van der Waals surface area contributed by atoms with Crippen molar-refractivity contribution in [1.82, 2.24) is 10.2 Å². The molecule has 0 saturated heterocycles. The van der Waals surface area contributed by atoms with E-state index in [0.29, 0.717) is 12.1 Å². The lowest BCUT2D eigenvalue weighted by molar-refractivity contribution is -0.140. The highest BCUT2D eigenvalue weighted by Gasteiger charge is 2.26. The fourth-order valence-corrected chi connectivity index (χ4v) is 2.86. The minimum Gasteiger partial charge on any atom is -0.355 e. The fraction of sp³-hybridized carbons (Fsp3) is 0.300. The summed E-state index contributed by atoms with van der Waals surface area (Å²) in [5.41, 5.74) is 1.22. The Labute approximate surface area is 161 Å². The minimum absolute atomic E-state index is 0.0903. The van der Waals surface area contributed by atoms with Crippen molar-refractivity contribution in [2.45, 2.75) is 32.9 Å². The van der Waals surface area contributed by atoms with Gasteiger partial charge in [-0.2, -0.15) is 0 Å². The molecule has 0 saturated carbocycles. The van der Waals surface area contributed by atoms with E-state index in [2.05, 4.69) is 21.2 Å². The summed E-state index contributed by atoms with van der Waals surface area (Å²) >= 11 is 3.38. The molecular weight excluding hydrogens is 399 g/mol. The molecule has 6 heteroatoms. The summed E-state index contributed by atoms with van der Waals surface area (Å²) in [5.74, 6) is -0.946. The van der Waals surface area contributed by atoms with Crippen LogP contribution < -0.4 is 5.32 Å². The molecule has 0 aliphatic heterocycles. The summed E-state index contributed by atoms with van der Waals surface area (Å²) in [6.45, 7) is 4.27. The van der Waals surface area contributed by atoms with Gasteiger partial charge < -0.3 is 10.2 Å². The maximum atomic E-state index is 13.9. The molecule has 4 nitrogen and oxygen atoms in total. The molecule has 0 aromatic heterocycles. The van der Waals surface area contributed by atoms with Crippen molar-refractivity contribution in [3.63, 3.8) is 0 Å². The van der Waals surface area contributed by atoms with Crippen LogP contribution in [0.2, 0.25) is 0 Å². The number of amides is 2. The van der Waals surface area contributed by atoms with Gasteiger partial charge in [0.15, 0.2) is 0 Å². The van der Waals surface area contributed by atoms with Crippen LogP contribution in [0.4, 0.5) is 4.39 Å². The number of hydrogen-bond donors (Lipinski definition) is 1. The smallest absolute Gasteiger partial charge is 0.242 e.